The number of hydrogen-bond donors (Lipinski definition) is 1. The number of nitrogens with one attached hydrogen (secondary N) is 1. The van der Waals surface area contributed by atoms with E-state index >= 15 is 0 Å². The van der Waals surface area contributed by atoms with Gasteiger partial charge in [-0.2, -0.15) is 13.2 Å². The van der Waals surface area contributed by atoms with Crippen LogP contribution in [0.15, 0.2) is 0 Å². The van der Waals surface area contributed by atoms with Crippen molar-refractivity contribution in [3.63, 3.8) is 0 Å². The van der Waals surface area contributed by atoms with Gasteiger partial charge in [-0.3, -0.25) is 9.59 Å². The fourth-order valence-electron chi connectivity index (χ4n) is 2.37. The van der Waals surface area contributed by atoms with Crippen molar-refractivity contribution in [3.05, 3.63) is 0 Å². The highest BCUT2D eigenvalue weighted by atomic mass is 19.4. The third kappa shape index (κ3) is 3.84. The number of carbonyl (C=O) groups excluding carboxylic acids is 2. The van der Waals surface area contributed by atoms with Gasteiger partial charge in [-0.05, 0) is 25.7 Å². The SMILES string of the molecule is C[C@@H](NC(=O)[C@H]1CC(=O)N(CC(F)(F)F)C1)C1CC1. The van der Waals surface area contributed by atoms with Gasteiger partial charge >= 0.3 is 6.18 Å². The first-order chi connectivity index (χ1) is 8.76. The Hall–Kier alpha value is -1.27. The van der Waals surface area contributed by atoms with E-state index in [1.165, 1.54) is 0 Å². The molecule has 2 atom stereocenters. The van der Waals surface area contributed by atoms with Crippen LogP contribution in [0.25, 0.3) is 0 Å². The summed E-state index contributed by atoms with van der Waals surface area (Å²) in [5, 5.41) is 2.79. The first kappa shape index (κ1) is 14.1. The summed E-state index contributed by atoms with van der Waals surface area (Å²) in [5.41, 5.74) is 0. The summed E-state index contributed by atoms with van der Waals surface area (Å²) in [6, 6.07) is 0.0410. The lowest BCUT2D eigenvalue weighted by Gasteiger charge is -2.19. The molecule has 1 aliphatic heterocycles. The maximum atomic E-state index is 12.2. The zero-order chi connectivity index (χ0) is 14.2. The molecule has 1 saturated carbocycles. The second-order valence-corrected chi connectivity index (χ2v) is 5.43. The number of amides is 2. The number of rotatable bonds is 4. The Morgan fingerprint density at radius 1 is 1.47 bits per heavy atom. The zero-order valence-corrected chi connectivity index (χ0v) is 10.7. The van der Waals surface area contributed by atoms with Crippen LogP contribution >= 0.6 is 0 Å². The molecule has 0 radical (unpaired) electrons. The number of nitrogens with zero attached hydrogens (tertiary/aromatic N) is 1. The molecule has 4 nitrogen and oxygen atoms in total. The maximum absolute atomic E-state index is 12.2. The second kappa shape index (κ2) is 5.02. The number of halogens is 3. The molecule has 108 valence electrons. The number of likely N-dealkylation sites (tertiary alicyclic amines) is 1. The van der Waals surface area contributed by atoms with Gasteiger partial charge in [0.1, 0.15) is 6.54 Å². The largest absolute Gasteiger partial charge is 0.406 e. The van der Waals surface area contributed by atoms with Crippen LogP contribution in [0.4, 0.5) is 13.2 Å². The fraction of sp³-hybridized carbons (Fsp3) is 0.833. The van der Waals surface area contributed by atoms with Crippen molar-refractivity contribution < 1.29 is 22.8 Å². The lowest BCUT2D eigenvalue weighted by Crippen LogP contribution is -2.40. The summed E-state index contributed by atoms with van der Waals surface area (Å²) in [5.74, 6) is -1.09. The Labute approximate surface area is 109 Å². The maximum Gasteiger partial charge on any atom is 0.406 e. The first-order valence-electron chi connectivity index (χ1n) is 6.41. The van der Waals surface area contributed by atoms with E-state index in [0.29, 0.717) is 10.8 Å². The van der Waals surface area contributed by atoms with Gasteiger partial charge in [-0.1, -0.05) is 0 Å². The molecule has 1 heterocycles. The van der Waals surface area contributed by atoms with E-state index in [4.69, 9.17) is 0 Å². The lowest BCUT2D eigenvalue weighted by molar-refractivity contribution is -0.157. The molecule has 0 aromatic rings. The van der Waals surface area contributed by atoms with Crippen molar-refractivity contribution in [2.24, 2.45) is 11.8 Å². The van der Waals surface area contributed by atoms with Crippen LogP contribution in [0.3, 0.4) is 0 Å². The summed E-state index contributed by atoms with van der Waals surface area (Å²) in [6.45, 7) is 0.481. The van der Waals surface area contributed by atoms with Crippen molar-refractivity contribution in [1.29, 1.82) is 0 Å². The van der Waals surface area contributed by atoms with Crippen LogP contribution < -0.4 is 5.32 Å². The van der Waals surface area contributed by atoms with Crippen molar-refractivity contribution in [1.82, 2.24) is 10.2 Å². The Bertz CT molecular complexity index is 380. The third-order valence-electron chi connectivity index (χ3n) is 3.65. The normalized spacial score (nSPS) is 25.6. The molecule has 1 N–H and O–H groups in total. The number of carbonyl (C=O) groups is 2. The summed E-state index contributed by atoms with van der Waals surface area (Å²) >= 11 is 0. The highest BCUT2D eigenvalue weighted by Gasteiger charge is 2.41. The summed E-state index contributed by atoms with van der Waals surface area (Å²) in [4.78, 5) is 24.0. The minimum Gasteiger partial charge on any atom is -0.353 e. The highest BCUT2D eigenvalue weighted by molar-refractivity contribution is 5.89. The quantitative estimate of drug-likeness (QED) is 0.843. The zero-order valence-electron chi connectivity index (χ0n) is 10.7. The van der Waals surface area contributed by atoms with E-state index in [2.05, 4.69) is 5.32 Å². The van der Waals surface area contributed by atoms with E-state index < -0.39 is 24.5 Å². The molecule has 7 heteroatoms. The molecule has 2 amide bonds. The van der Waals surface area contributed by atoms with Gasteiger partial charge in [0.15, 0.2) is 0 Å². The van der Waals surface area contributed by atoms with Gasteiger partial charge in [-0.15, -0.1) is 0 Å². The van der Waals surface area contributed by atoms with Crippen molar-refractivity contribution in [2.75, 3.05) is 13.1 Å². The van der Waals surface area contributed by atoms with Crippen LogP contribution in [0.1, 0.15) is 26.2 Å². The van der Waals surface area contributed by atoms with Crippen LogP contribution in [0.5, 0.6) is 0 Å². The van der Waals surface area contributed by atoms with Crippen molar-refractivity contribution >= 4 is 11.8 Å². The van der Waals surface area contributed by atoms with Crippen molar-refractivity contribution in [3.8, 4) is 0 Å². The van der Waals surface area contributed by atoms with E-state index in [9.17, 15) is 22.8 Å². The Balaban J connectivity index is 1.85. The monoisotopic (exact) mass is 278 g/mol. The van der Waals surface area contributed by atoms with Gasteiger partial charge in [-0.25, -0.2) is 0 Å². The van der Waals surface area contributed by atoms with Gasteiger partial charge in [0, 0.05) is 19.0 Å². The molecule has 0 unspecified atom stereocenters. The second-order valence-electron chi connectivity index (χ2n) is 5.43. The molecule has 0 bridgehead atoms. The van der Waals surface area contributed by atoms with Crippen LogP contribution in [-0.2, 0) is 9.59 Å². The predicted molar refractivity (Wildman–Crippen MR) is 61.1 cm³/mol. The van der Waals surface area contributed by atoms with Crippen LogP contribution in [0, 0.1) is 11.8 Å². The summed E-state index contributed by atoms with van der Waals surface area (Å²) < 4.78 is 36.7. The lowest BCUT2D eigenvalue weighted by atomic mass is 10.1. The van der Waals surface area contributed by atoms with Crippen LogP contribution in [0.2, 0.25) is 0 Å². The molecule has 0 spiro atoms. The molecular formula is C12H17F3N2O2. The standard InChI is InChI=1S/C12H17F3N2O2/c1-7(8-2-3-8)16-11(19)9-4-10(18)17(5-9)6-12(13,14)15/h7-9H,2-6H2,1H3,(H,16,19)/t7-,9+/m1/s1. The number of alkyl halides is 3. The van der Waals surface area contributed by atoms with Crippen molar-refractivity contribution in [2.45, 2.75) is 38.4 Å². The minimum atomic E-state index is -4.41. The Morgan fingerprint density at radius 2 is 2.11 bits per heavy atom. The molecule has 1 saturated heterocycles. The molecule has 2 rings (SSSR count). The predicted octanol–water partition coefficient (Wildman–Crippen LogP) is 1.31. The van der Waals surface area contributed by atoms with Gasteiger partial charge in [0.2, 0.25) is 11.8 Å². The number of hydrogen-bond acceptors (Lipinski definition) is 2. The molecule has 2 aliphatic rings. The Morgan fingerprint density at radius 3 is 2.63 bits per heavy atom. The summed E-state index contributed by atoms with van der Waals surface area (Å²) in [6.07, 6.45) is -2.39. The molecular weight excluding hydrogens is 261 g/mol. The first-order valence-corrected chi connectivity index (χ1v) is 6.41. The van der Waals surface area contributed by atoms with Gasteiger partial charge in [0.05, 0.1) is 5.92 Å². The third-order valence-corrected chi connectivity index (χ3v) is 3.65. The topological polar surface area (TPSA) is 49.4 Å². The molecule has 19 heavy (non-hydrogen) atoms. The Kier molecular flexibility index (Phi) is 3.73. The van der Waals surface area contributed by atoms with E-state index in [1.54, 1.807) is 0 Å². The van der Waals surface area contributed by atoms with Crippen LogP contribution in [-0.4, -0.2) is 42.0 Å². The average Bonchev–Trinajstić information content (AvgIpc) is 3.04. The molecule has 2 fully saturated rings. The van der Waals surface area contributed by atoms with Gasteiger partial charge < -0.3 is 10.2 Å². The van der Waals surface area contributed by atoms with E-state index in [0.717, 1.165) is 12.8 Å². The van der Waals surface area contributed by atoms with E-state index in [-0.39, 0.29) is 24.9 Å². The average molecular weight is 278 g/mol. The minimum absolute atomic E-state index is 0.0410. The van der Waals surface area contributed by atoms with E-state index in [1.807, 2.05) is 6.92 Å². The van der Waals surface area contributed by atoms with Gasteiger partial charge in [0.25, 0.3) is 0 Å². The highest BCUT2D eigenvalue weighted by Crippen LogP contribution is 2.32. The smallest absolute Gasteiger partial charge is 0.353 e. The molecule has 1 aliphatic carbocycles. The molecule has 0 aromatic carbocycles. The molecule has 0 aromatic heterocycles. The fourth-order valence-corrected chi connectivity index (χ4v) is 2.37. The summed E-state index contributed by atoms with van der Waals surface area (Å²) in [7, 11) is 0.